The summed E-state index contributed by atoms with van der Waals surface area (Å²) >= 11 is 0. The molecule has 0 aromatic heterocycles. The van der Waals surface area contributed by atoms with Gasteiger partial charge in [-0.1, -0.05) is 6.07 Å². The maximum absolute atomic E-state index is 12.4. The predicted octanol–water partition coefficient (Wildman–Crippen LogP) is 1.71. The van der Waals surface area contributed by atoms with Crippen LogP contribution in [-0.2, 0) is 10.0 Å². The summed E-state index contributed by atoms with van der Waals surface area (Å²) in [4.78, 5) is -0.105. The predicted molar refractivity (Wildman–Crippen MR) is 61.6 cm³/mol. The lowest BCUT2D eigenvalue weighted by Crippen LogP contribution is -2.24. The summed E-state index contributed by atoms with van der Waals surface area (Å²) in [5.74, 6) is 0. The molecule has 96 valence electrons. The number of hydrogen-bond donors (Lipinski definition) is 2. The van der Waals surface area contributed by atoms with Gasteiger partial charge in [0.25, 0.3) is 6.43 Å². The average Bonchev–Trinajstić information content (AvgIpc) is 2.19. The smallest absolute Gasteiger partial charge is 0.258 e. The van der Waals surface area contributed by atoms with Crippen LogP contribution in [0.15, 0.2) is 23.1 Å². The molecule has 0 aliphatic carbocycles. The van der Waals surface area contributed by atoms with Gasteiger partial charge in [0.2, 0.25) is 10.0 Å². The van der Waals surface area contributed by atoms with E-state index in [-0.39, 0.29) is 4.90 Å². The van der Waals surface area contributed by atoms with Gasteiger partial charge in [0, 0.05) is 5.69 Å². The largest absolute Gasteiger partial charge is 0.377 e. The van der Waals surface area contributed by atoms with Crippen LogP contribution in [0.1, 0.15) is 12.5 Å². The number of aryl methyl sites for hydroxylation is 1. The van der Waals surface area contributed by atoms with E-state index in [2.05, 4.69) is 5.32 Å². The minimum atomic E-state index is -3.83. The Labute approximate surface area is 98.9 Å². The van der Waals surface area contributed by atoms with E-state index in [0.717, 1.165) is 0 Å². The summed E-state index contributed by atoms with van der Waals surface area (Å²) in [6, 6.07) is 3.04. The van der Waals surface area contributed by atoms with E-state index in [9.17, 15) is 17.2 Å². The molecule has 1 unspecified atom stereocenters. The van der Waals surface area contributed by atoms with Crippen LogP contribution in [0.4, 0.5) is 14.5 Å². The maximum atomic E-state index is 12.4. The van der Waals surface area contributed by atoms with Gasteiger partial charge in [-0.2, -0.15) is 0 Å². The molecule has 17 heavy (non-hydrogen) atoms. The number of anilines is 1. The molecule has 0 spiro atoms. The standard InChI is InChI=1S/C10H14F2N2O2S/c1-6-3-4-8(17(13,15)16)5-9(6)14-7(2)10(11)12/h3-5,7,10,14H,1-2H3,(H2,13,15,16). The lowest BCUT2D eigenvalue weighted by Gasteiger charge is -2.16. The molecule has 0 aliphatic rings. The molecule has 0 radical (unpaired) electrons. The SMILES string of the molecule is Cc1ccc(S(N)(=O)=O)cc1NC(C)C(F)F. The van der Waals surface area contributed by atoms with E-state index >= 15 is 0 Å². The zero-order valence-corrected chi connectivity index (χ0v) is 10.3. The second-order valence-corrected chi connectivity index (χ2v) is 5.35. The monoisotopic (exact) mass is 264 g/mol. The first-order valence-electron chi connectivity index (χ1n) is 4.90. The highest BCUT2D eigenvalue weighted by molar-refractivity contribution is 7.89. The second-order valence-electron chi connectivity index (χ2n) is 3.79. The van der Waals surface area contributed by atoms with Crippen LogP contribution in [0, 0.1) is 6.92 Å². The van der Waals surface area contributed by atoms with Gasteiger partial charge in [0.15, 0.2) is 0 Å². The summed E-state index contributed by atoms with van der Waals surface area (Å²) in [6.07, 6.45) is -2.53. The van der Waals surface area contributed by atoms with E-state index in [0.29, 0.717) is 11.3 Å². The molecule has 0 aliphatic heterocycles. The number of primary sulfonamides is 1. The number of halogens is 2. The summed E-state index contributed by atoms with van der Waals surface area (Å²) in [5, 5.41) is 7.51. The minimum Gasteiger partial charge on any atom is -0.377 e. The van der Waals surface area contributed by atoms with Crippen molar-refractivity contribution in [2.24, 2.45) is 5.14 Å². The Balaban J connectivity index is 3.08. The average molecular weight is 264 g/mol. The first kappa shape index (κ1) is 13.9. The van der Waals surface area contributed by atoms with Gasteiger partial charge in [-0.3, -0.25) is 0 Å². The van der Waals surface area contributed by atoms with Gasteiger partial charge in [-0.15, -0.1) is 0 Å². The van der Waals surface area contributed by atoms with Crippen LogP contribution >= 0.6 is 0 Å². The third-order valence-electron chi connectivity index (χ3n) is 2.30. The van der Waals surface area contributed by atoms with Crippen LogP contribution in [-0.4, -0.2) is 20.9 Å². The summed E-state index contributed by atoms with van der Waals surface area (Å²) in [7, 11) is -3.83. The Morgan fingerprint density at radius 2 is 1.94 bits per heavy atom. The molecule has 0 amide bonds. The fraction of sp³-hybridized carbons (Fsp3) is 0.400. The molecular weight excluding hydrogens is 250 g/mol. The summed E-state index contributed by atoms with van der Waals surface area (Å²) < 4.78 is 47.0. The highest BCUT2D eigenvalue weighted by Crippen LogP contribution is 2.21. The van der Waals surface area contributed by atoms with Crippen molar-refractivity contribution in [1.29, 1.82) is 0 Å². The Hall–Kier alpha value is -1.21. The van der Waals surface area contributed by atoms with Crippen LogP contribution in [0.2, 0.25) is 0 Å². The first-order chi connectivity index (χ1) is 7.71. The normalized spacial score (nSPS) is 13.8. The number of nitrogens with two attached hydrogens (primary N) is 1. The van der Waals surface area contributed by atoms with E-state index in [1.54, 1.807) is 6.92 Å². The molecule has 0 heterocycles. The Kier molecular flexibility index (Phi) is 4.05. The van der Waals surface area contributed by atoms with Crippen molar-refractivity contribution in [1.82, 2.24) is 0 Å². The van der Waals surface area contributed by atoms with Crippen LogP contribution in [0.3, 0.4) is 0 Å². The highest BCUT2D eigenvalue weighted by Gasteiger charge is 2.16. The molecule has 1 rings (SSSR count). The van der Waals surface area contributed by atoms with Gasteiger partial charge in [-0.25, -0.2) is 22.3 Å². The van der Waals surface area contributed by atoms with Crippen LogP contribution in [0.5, 0.6) is 0 Å². The van der Waals surface area contributed by atoms with E-state index in [4.69, 9.17) is 5.14 Å². The molecule has 0 bridgehead atoms. The molecule has 4 nitrogen and oxygen atoms in total. The first-order valence-corrected chi connectivity index (χ1v) is 6.44. The second kappa shape index (κ2) is 4.97. The fourth-order valence-corrected chi connectivity index (χ4v) is 1.78. The molecular formula is C10H14F2N2O2S. The molecule has 1 atom stereocenters. The van der Waals surface area contributed by atoms with Crippen molar-refractivity contribution in [2.45, 2.75) is 31.2 Å². The van der Waals surface area contributed by atoms with E-state index in [1.165, 1.54) is 25.1 Å². The quantitative estimate of drug-likeness (QED) is 0.869. The van der Waals surface area contributed by atoms with Gasteiger partial charge < -0.3 is 5.32 Å². The third kappa shape index (κ3) is 3.64. The van der Waals surface area contributed by atoms with Crippen LogP contribution in [0.25, 0.3) is 0 Å². The molecule has 0 saturated carbocycles. The van der Waals surface area contributed by atoms with Crippen LogP contribution < -0.4 is 10.5 Å². The zero-order chi connectivity index (χ0) is 13.2. The topological polar surface area (TPSA) is 72.2 Å². The Morgan fingerprint density at radius 1 is 1.35 bits per heavy atom. The molecule has 1 aromatic rings. The fourth-order valence-electron chi connectivity index (χ4n) is 1.24. The van der Waals surface area contributed by atoms with Gasteiger partial charge in [0.1, 0.15) is 0 Å². The third-order valence-corrected chi connectivity index (χ3v) is 3.21. The van der Waals surface area contributed by atoms with E-state index < -0.39 is 22.5 Å². The Bertz CT molecular complexity index is 503. The van der Waals surface area contributed by atoms with Gasteiger partial charge in [-0.05, 0) is 31.5 Å². The van der Waals surface area contributed by atoms with Gasteiger partial charge >= 0.3 is 0 Å². The highest BCUT2D eigenvalue weighted by atomic mass is 32.2. The molecule has 3 N–H and O–H groups in total. The number of sulfonamides is 1. The molecule has 7 heteroatoms. The number of hydrogen-bond acceptors (Lipinski definition) is 3. The van der Waals surface area contributed by atoms with Crippen molar-refractivity contribution in [3.05, 3.63) is 23.8 Å². The lowest BCUT2D eigenvalue weighted by molar-refractivity contribution is 0.130. The number of benzene rings is 1. The molecule has 0 saturated heterocycles. The minimum absolute atomic E-state index is 0.105. The summed E-state index contributed by atoms with van der Waals surface area (Å²) in [5.41, 5.74) is 1.01. The lowest BCUT2D eigenvalue weighted by atomic mass is 10.2. The molecule has 0 fully saturated rings. The van der Waals surface area contributed by atoms with Crippen molar-refractivity contribution >= 4 is 15.7 Å². The number of alkyl halides is 2. The van der Waals surface area contributed by atoms with Crippen molar-refractivity contribution < 1.29 is 17.2 Å². The molecule has 1 aromatic carbocycles. The van der Waals surface area contributed by atoms with Crippen molar-refractivity contribution in [3.8, 4) is 0 Å². The zero-order valence-electron chi connectivity index (χ0n) is 9.44. The van der Waals surface area contributed by atoms with Gasteiger partial charge in [0.05, 0.1) is 10.9 Å². The van der Waals surface area contributed by atoms with E-state index in [1.807, 2.05) is 0 Å². The number of nitrogens with one attached hydrogen (secondary N) is 1. The number of rotatable bonds is 4. The Morgan fingerprint density at radius 3 is 2.41 bits per heavy atom. The van der Waals surface area contributed by atoms with Crippen molar-refractivity contribution in [2.75, 3.05) is 5.32 Å². The maximum Gasteiger partial charge on any atom is 0.258 e. The van der Waals surface area contributed by atoms with Crippen molar-refractivity contribution in [3.63, 3.8) is 0 Å². The summed E-state index contributed by atoms with van der Waals surface area (Å²) in [6.45, 7) is 3.00.